The van der Waals surface area contributed by atoms with Crippen LogP contribution in [0.1, 0.15) is 18.1 Å². The Hall–Kier alpha value is -2.11. The molecule has 1 heterocycles. The summed E-state index contributed by atoms with van der Waals surface area (Å²) in [6, 6.07) is 16.7. The number of benzene rings is 2. The zero-order valence-electron chi connectivity index (χ0n) is 15.6. The lowest BCUT2D eigenvalue weighted by atomic mass is 10.1. The van der Waals surface area contributed by atoms with Crippen LogP contribution in [0.25, 0.3) is 0 Å². The number of piperazine rings is 1. The van der Waals surface area contributed by atoms with E-state index in [0.717, 1.165) is 55.7 Å². The van der Waals surface area contributed by atoms with Crippen molar-refractivity contribution >= 4 is 23.0 Å². The Morgan fingerprint density at radius 3 is 2.38 bits per heavy atom. The average Bonchev–Trinajstić information content (AvgIpc) is 2.69. The van der Waals surface area contributed by atoms with Crippen molar-refractivity contribution in [3.63, 3.8) is 0 Å². The Morgan fingerprint density at radius 2 is 1.73 bits per heavy atom. The predicted octanol–water partition coefficient (Wildman–Crippen LogP) is 3.77. The minimum absolute atomic E-state index is 0.829. The summed E-state index contributed by atoms with van der Waals surface area (Å²) in [5, 5.41) is 4.26. The van der Waals surface area contributed by atoms with Crippen LogP contribution in [-0.2, 0) is 13.0 Å². The highest BCUT2D eigenvalue weighted by molar-refractivity contribution is 7.80. The molecule has 0 radical (unpaired) electrons. The molecule has 1 aliphatic rings. The van der Waals surface area contributed by atoms with E-state index in [1.807, 2.05) is 12.1 Å². The van der Waals surface area contributed by atoms with Crippen molar-refractivity contribution in [2.24, 2.45) is 0 Å². The molecule has 0 saturated carbocycles. The molecule has 0 spiro atoms. The number of anilines is 1. The number of para-hydroxylation sites is 1. The molecule has 5 heteroatoms. The van der Waals surface area contributed by atoms with Gasteiger partial charge in [-0.05, 0) is 48.0 Å². The monoisotopic (exact) mass is 369 g/mol. The first-order chi connectivity index (χ1) is 12.7. The number of thiocarbonyl (C=S) groups is 1. The number of nitrogens with zero attached hydrogens (tertiary/aromatic N) is 2. The molecular formula is C21H27N3OS. The van der Waals surface area contributed by atoms with Gasteiger partial charge in [0.1, 0.15) is 5.75 Å². The minimum Gasteiger partial charge on any atom is -0.497 e. The van der Waals surface area contributed by atoms with Crippen LogP contribution < -0.4 is 10.1 Å². The van der Waals surface area contributed by atoms with Gasteiger partial charge in [-0.15, -0.1) is 0 Å². The third-order valence-corrected chi connectivity index (χ3v) is 5.22. The summed E-state index contributed by atoms with van der Waals surface area (Å²) < 4.78 is 5.22. The van der Waals surface area contributed by atoms with Gasteiger partial charge >= 0.3 is 0 Å². The molecule has 26 heavy (non-hydrogen) atoms. The van der Waals surface area contributed by atoms with E-state index in [4.69, 9.17) is 17.0 Å². The molecule has 0 bridgehead atoms. The van der Waals surface area contributed by atoms with Crippen LogP contribution in [0.2, 0.25) is 0 Å². The van der Waals surface area contributed by atoms with Crippen LogP contribution in [0.4, 0.5) is 5.69 Å². The maximum atomic E-state index is 5.64. The average molecular weight is 370 g/mol. The smallest absolute Gasteiger partial charge is 0.173 e. The molecule has 0 atom stereocenters. The van der Waals surface area contributed by atoms with Crippen molar-refractivity contribution in [1.29, 1.82) is 0 Å². The van der Waals surface area contributed by atoms with Gasteiger partial charge in [0.15, 0.2) is 5.11 Å². The number of hydrogen-bond acceptors (Lipinski definition) is 3. The molecule has 1 fully saturated rings. The lowest BCUT2D eigenvalue weighted by molar-refractivity contribution is 0.177. The zero-order chi connectivity index (χ0) is 18.4. The number of methoxy groups -OCH3 is 1. The van der Waals surface area contributed by atoms with Crippen molar-refractivity contribution in [2.75, 3.05) is 38.6 Å². The molecule has 2 aromatic carbocycles. The van der Waals surface area contributed by atoms with Crippen LogP contribution in [0.15, 0.2) is 48.5 Å². The molecule has 138 valence electrons. The highest BCUT2D eigenvalue weighted by Gasteiger charge is 2.19. The van der Waals surface area contributed by atoms with Gasteiger partial charge in [-0.3, -0.25) is 4.90 Å². The Labute approximate surface area is 161 Å². The second kappa shape index (κ2) is 9.01. The summed E-state index contributed by atoms with van der Waals surface area (Å²) in [5.74, 6) is 0.905. The molecule has 1 aliphatic heterocycles. The third-order valence-electron chi connectivity index (χ3n) is 4.86. The number of aryl methyl sites for hydroxylation is 1. The molecule has 2 aromatic rings. The van der Waals surface area contributed by atoms with E-state index < -0.39 is 0 Å². The van der Waals surface area contributed by atoms with Crippen LogP contribution in [0, 0.1) is 0 Å². The molecule has 3 rings (SSSR count). The Balaban J connectivity index is 1.50. The van der Waals surface area contributed by atoms with Crippen molar-refractivity contribution in [3.05, 3.63) is 59.7 Å². The maximum Gasteiger partial charge on any atom is 0.173 e. The van der Waals surface area contributed by atoms with Gasteiger partial charge in [0, 0.05) is 38.4 Å². The predicted molar refractivity (Wildman–Crippen MR) is 112 cm³/mol. The van der Waals surface area contributed by atoms with E-state index in [0.29, 0.717) is 0 Å². The Bertz CT molecular complexity index is 724. The second-order valence-corrected chi connectivity index (χ2v) is 6.94. The van der Waals surface area contributed by atoms with Gasteiger partial charge in [0.05, 0.1) is 7.11 Å². The van der Waals surface area contributed by atoms with E-state index in [1.54, 1.807) is 7.11 Å². The van der Waals surface area contributed by atoms with E-state index in [1.165, 1.54) is 11.1 Å². The normalized spacial score (nSPS) is 14.9. The molecular weight excluding hydrogens is 342 g/mol. The molecule has 1 N–H and O–H groups in total. The van der Waals surface area contributed by atoms with Gasteiger partial charge in [-0.1, -0.05) is 37.3 Å². The highest BCUT2D eigenvalue weighted by Crippen LogP contribution is 2.17. The van der Waals surface area contributed by atoms with Crippen LogP contribution in [-0.4, -0.2) is 48.2 Å². The largest absolute Gasteiger partial charge is 0.497 e. The summed E-state index contributed by atoms with van der Waals surface area (Å²) in [7, 11) is 1.70. The van der Waals surface area contributed by atoms with E-state index in [2.05, 4.69) is 58.4 Å². The SMILES string of the molecule is CCc1ccccc1NC(=S)N1CCN(Cc2ccc(OC)cc2)CC1. The van der Waals surface area contributed by atoms with E-state index in [-0.39, 0.29) is 0 Å². The fraction of sp³-hybridized carbons (Fsp3) is 0.381. The fourth-order valence-corrected chi connectivity index (χ4v) is 3.54. The van der Waals surface area contributed by atoms with Crippen LogP contribution in [0.5, 0.6) is 5.75 Å². The number of rotatable bonds is 5. The van der Waals surface area contributed by atoms with E-state index >= 15 is 0 Å². The summed E-state index contributed by atoms with van der Waals surface area (Å²) in [6.45, 7) is 7.08. The van der Waals surface area contributed by atoms with Crippen molar-refractivity contribution in [3.8, 4) is 5.75 Å². The summed E-state index contributed by atoms with van der Waals surface area (Å²) in [5.41, 5.74) is 3.74. The molecule has 0 aliphatic carbocycles. The second-order valence-electron chi connectivity index (χ2n) is 6.55. The number of hydrogen-bond donors (Lipinski definition) is 1. The van der Waals surface area contributed by atoms with Crippen LogP contribution in [0.3, 0.4) is 0 Å². The molecule has 0 amide bonds. The topological polar surface area (TPSA) is 27.7 Å². The summed E-state index contributed by atoms with van der Waals surface area (Å²) in [4.78, 5) is 4.74. The van der Waals surface area contributed by atoms with Gasteiger partial charge in [-0.2, -0.15) is 0 Å². The van der Waals surface area contributed by atoms with Gasteiger partial charge in [0.2, 0.25) is 0 Å². The maximum absolute atomic E-state index is 5.64. The van der Waals surface area contributed by atoms with E-state index in [9.17, 15) is 0 Å². The third kappa shape index (κ3) is 4.74. The first-order valence-electron chi connectivity index (χ1n) is 9.18. The standard InChI is InChI=1S/C21H27N3OS/c1-3-18-6-4-5-7-20(18)22-21(26)24-14-12-23(13-15-24)16-17-8-10-19(25-2)11-9-17/h4-11H,3,12-16H2,1-2H3,(H,22,26). The number of ether oxygens (including phenoxy) is 1. The van der Waals surface area contributed by atoms with Crippen molar-refractivity contribution in [1.82, 2.24) is 9.80 Å². The zero-order valence-corrected chi connectivity index (χ0v) is 16.4. The summed E-state index contributed by atoms with van der Waals surface area (Å²) >= 11 is 5.64. The highest BCUT2D eigenvalue weighted by atomic mass is 32.1. The molecule has 1 saturated heterocycles. The lowest BCUT2D eigenvalue weighted by Crippen LogP contribution is -2.49. The van der Waals surface area contributed by atoms with Crippen molar-refractivity contribution in [2.45, 2.75) is 19.9 Å². The van der Waals surface area contributed by atoms with Gasteiger partial charge < -0.3 is 15.0 Å². The lowest BCUT2D eigenvalue weighted by Gasteiger charge is -2.36. The number of nitrogens with one attached hydrogen (secondary N) is 1. The fourth-order valence-electron chi connectivity index (χ4n) is 3.24. The Morgan fingerprint density at radius 1 is 1.04 bits per heavy atom. The molecule has 0 unspecified atom stereocenters. The first-order valence-corrected chi connectivity index (χ1v) is 9.59. The summed E-state index contributed by atoms with van der Waals surface area (Å²) in [6.07, 6.45) is 1.00. The Kier molecular flexibility index (Phi) is 6.47. The minimum atomic E-state index is 0.829. The van der Waals surface area contributed by atoms with Gasteiger partial charge in [-0.25, -0.2) is 0 Å². The van der Waals surface area contributed by atoms with Crippen molar-refractivity contribution < 1.29 is 4.74 Å². The quantitative estimate of drug-likeness (QED) is 0.810. The molecule has 0 aromatic heterocycles. The molecule has 4 nitrogen and oxygen atoms in total. The van der Waals surface area contributed by atoms with Crippen LogP contribution >= 0.6 is 12.2 Å². The van der Waals surface area contributed by atoms with Gasteiger partial charge in [0.25, 0.3) is 0 Å². The first kappa shape index (κ1) is 18.7.